The maximum atomic E-state index is 12.5. The van der Waals surface area contributed by atoms with Crippen LogP contribution in [-0.4, -0.2) is 39.5 Å². The van der Waals surface area contributed by atoms with Crippen molar-refractivity contribution < 1.29 is 9.90 Å². The van der Waals surface area contributed by atoms with E-state index in [0.29, 0.717) is 43.1 Å². The van der Waals surface area contributed by atoms with E-state index in [2.05, 4.69) is 51.8 Å². The zero-order valence-corrected chi connectivity index (χ0v) is 18.3. The molecule has 162 valence electrons. The van der Waals surface area contributed by atoms with E-state index >= 15 is 0 Å². The molecule has 4 rings (SSSR count). The van der Waals surface area contributed by atoms with Gasteiger partial charge in [-0.2, -0.15) is 10.2 Å². The molecule has 2 aromatic rings. The van der Waals surface area contributed by atoms with Crippen LogP contribution >= 0.6 is 0 Å². The molecule has 1 fully saturated rings. The maximum Gasteiger partial charge on any atom is 0.224 e. The molecule has 1 aromatic heterocycles. The van der Waals surface area contributed by atoms with Gasteiger partial charge in [-0.05, 0) is 36.0 Å². The third-order valence-electron chi connectivity index (χ3n) is 6.90. The lowest BCUT2D eigenvalue weighted by molar-refractivity contribution is -0.119. The summed E-state index contributed by atoms with van der Waals surface area (Å²) < 4.78 is 0. The van der Waals surface area contributed by atoms with Crippen LogP contribution in [0.1, 0.15) is 61.8 Å². The number of hydrogen-bond donors (Lipinski definition) is 3. The second kappa shape index (κ2) is 8.27. The summed E-state index contributed by atoms with van der Waals surface area (Å²) in [4.78, 5) is 21.3. The maximum absolute atomic E-state index is 12.5. The van der Waals surface area contributed by atoms with Gasteiger partial charge in [-0.15, -0.1) is 0 Å². The van der Waals surface area contributed by atoms with Crippen LogP contribution in [0.3, 0.4) is 0 Å². The van der Waals surface area contributed by atoms with E-state index in [9.17, 15) is 15.2 Å². The van der Waals surface area contributed by atoms with Crippen LogP contribution in [-0.2, 0) is 17.6 Å². The fourth-order valence-corrected chi connectivity index (χ4v) is 4.45. The van der Waals surface area contributed by atoms with Gasteiger partial charge in [0.15, 0.2) is 0 Å². The van der Waals surface area contributed by atoms with Gasteiger partial charge in [0, 0.05) is 30.3 Å². The van der Waals surface area contributed by atoms with E-state index in [4.69, 9.17) is 0 Å². The van der Waals surface area contributed by atoms with Gasteiger partial charge in [-0.3, -0.25) is 4.79 Å². The molecule has 1 unspecified atom stereocenters. The first-order valence-electron chi connectivity index (χ1n) is 10.9. The number of nitrogens with one attached hydrogen (secondary N) is 2. The van der Waals surface area contributed by atoms with Gasteiger partial charge in [-0.1, -0.05) is 39.0 Å². The van der Waals surface area contributed by atoms with E-state index in [1.165, 1.54) is 11.8 Å². The molecule has 0 radical (unpaired) electrons. The highest BCUT2D eigenvalue weighted by Gasteiger charge is 2.47. The minimum atomic E-state index is -0.366. The molecule has 7 nitrogen and oxygen atoms in total. The molecular formula is C24H29N5O2. The normalized spacial score (nSPS) is 23.6. The molecule has 3 atom stereocenters. The number of rotatable bonds is 7. The standard InChI is InChI=1S/C24H29N5O2/c1-4-14-5-6-15-10-19(30)17(18(15)9-14)7-8-26-23-27-13-16(12-25)22(29-23)28-20-11-21(31)24(20,2)3/h5-6,9,13,17,20-21,31H,4,7-8,10-11H2,1-3H3,(H2,26,27,28,29)/t17?,20-,21+/m1/s1. The van der Waals surface area contributed by atoms with Crippen LogP contribution in [0.4, 0.5) is 11.8 Å². The average molecular weight is 420 g/mol. The van der Waals surface area contributed by atoms with Gasteiger partial charge in [0.1, 0.15) is 23.2 Å². The zero-order chi connectivity index (χ0) is 22.2. The van der Waals surface area contributed by atoms with E-state index in [1.54, 1.807) is 0 Å². The molecule has 0 bridgehead atoms. The second-order valence-corrected chi connectivity index (χ2v) is 9.14. The van der Waals surface area contributed by atoms with E-state index in [0.717, 1.165) is 17.5 Å². The number of anilines is 2. The molecule has 7 heteroatoms. The Labute approximate surface area is 182 Å². The Morgan fingerprint density at radius 2 is 2.16 bits per heavy atom. The van der Waals surface area contributed by atoms with Crippen LogP contribution in [0.25, 0.3) is 0 Å². The number of nitrogens with zero attached hydrogens (tertiary/aromatic N) is 3. The molecule has 0 aliphatic heterocycles. The van der Waals surface area contributed by atoms with E-state index in [-0.39, 0.29) is 29.3 Å². The number of aromatic nitrogens is 2. The van der Waals surface area contributed by atoms with Crippen molar-refractivity contribution in [1.82, 2.24) is 9.97 Å². The highest BCUT2D eigenvalue weighted by atomic mass is 16.3. The SMILES string of the molecule is CCc1ccc2c(c1)C(CCNc1ncc(C#N)c(N[C@@H]3C[C@H](O)C3(C)C)n1)C(=O)C2. The number of nitriles is 1. The largest absolute Gasteiger partial charge is 0.392 e. The summed E-state index contributed by atoms with van der Waals surface area (Å²) in [5.41, 5.74) is 3.63. The first kappa shape index (κ1) is 21.3. The fraction of sp³-hybridized carbons (Fsp3) is 0.500. The summed E-state index contributed by atoms with van der Waals surface area (Å²) in [5.74, 6) is 1.06. The van der Waals surface area contributed by atoms with Gasteiger partial charge in [0.2, 0.25) is 5.95 Å². The number of benzene rings is 1. The van der Waals surface area contributed by atoms with Crippen molar-refractivity contribution in [1.29, 1.82) is 5.26 Å². The lowest BCUT2D eigenvalue weighted by atomic mass is 9.64. The second-order valence-electron chi connectivity index (χ2n) is 9.14. The molecule has 0 spiro atoms. The van der Waals surface area contributed by atoms with E-state index < -0.39 is 0 Å². The zero-order valence-electron chi connectivity index (χ0n) is 18.3. The Morgan fingerprint density at radius 1 is 1.35 bits per heavy atom. The third kappa shape index (κ3) is 4.00. The van der Waals surface area contributed by atoms with Crippen LogP contribution in [0, 0.1) is 16.7 Å². The van der Waals surface area contributed by atoms with Crippen molar-refractivity contribution in [3.05, 3.63) is 46.6 Å². The predicted molar refractivity (Wildman–Crippen MR) is 119 cm³/mol. The minimum Gasteiger partial charge on any atom is -0.392 e. The molecule has 1 saturated carbocycles. The first-order valence-corrected chi connectivity index (χ1v) is 10.9. The van der Waals surface area contributed by atoms with Crippen molar-refractivity contribution in [2.24, 2.45) is 5.41 Å². The summed E-state index contributed by atoms with van der Waals surface area (Å²) >= 11 is 0. The number of carbonyl (C=O) groups is 1. The number of aryl methyl sites for hydroxylation is 1. The number of hydrogen-bond acceptors (Lipinski definition) is 7. The Hall–Kier alpha value is -2.98. The lowest BCUT2D eigenvalue weighted by Gasteiger charge is -2.49. The molecule has 3 N–H and O–H groups in total. The van der Waals surface area contributed by atoms with Gasteiger partial charge < -0.3 is 15.7 Å². The van der Waals surface area contributed by atoms with Crippen LogP contribution in [0.5, 0.6) is 0 Å². The Kier molecular flexibility index (Phi) is 5.67. The van der Waals surface area contributed by atoms with Crippen LogP contribution < -0.4 is 10.6 Å². The summed E-state index contributed by atoms with van der Waals surface area (Å²) in [6, 6.07) is 8.52. The Bertz CT molecular complexity index is 1040. The lowest BCUT2D eigenvalue weighted by Crippen LogP contribution is -2.57. The van der Waals surface area contributed by atoms with Gasteiger partial charge in [0.25, 0.3) is 0 Å². The molecule has 31 heavy (non-hydrogen) atoms. The summed E-state index contributed by atoms with van der Waals surface area (Å²) in [5, 5.41) is 25.9. The van der Waals surface area contributed by atoms with Gasteiger partial charge in [-0.25, -0.2) is 4.98 Å². The minimum absolute atomic E-state index is 0.0396. The topological polar surface area (TPSA) is 111 Å². The fourth-order valence-electron chi connectivity index (χ4n) is 4.45. The van der Waals surface area contributed by atoms with Crippen molar-refractivity contribution in [2.45, 2.75) is 64.5 Å². The highest BCUT2D eigenvalue weighted by molar-refractivity contribution is 5.92. The highest BCUT2D eigenvalue weighted by Crippen LogP contribution is 2.42. The smallest absolute Gasteiger partial charge is 0.224 e. The van der Waals surface area contributed by atoms with E-state index in [1.807, 2.05) is 13.8 Å². The molecule has 2 aliphatic carbocycles. The Balaban J connectivity index is 1.42. The molecule has 2 aliphatic rings. The molecule has 0 saturated heterocycles. The summed E-state index contributed by atoms with van der Waals surface area (Å²) in [6.45, 7) is 6.66. The van der Waals surface area contributed by atoms with Crippen LogP contribution in [0.2, 0.25) is 0 Å². The predicted octanol–water partition coefficient (Wildman–Crippen LogP) is 3.19. The molecular weight excluding hydrogens is 390 g/mol. The quantitative estimate of drug-likeness (QED) is 0.632. The number of carbonyl (C=O) groups excluding carboxylic acids is 1. The van der Waals surface area contributed by atoms with Crippen molar-refractivity contribution in [2.75, 3.05) is 17.2 Å². The van der Waals surface area contributed by atoms with Crippen molar-refractivity contribution in [3.63, 3.8) is 0 Å². The number of Topliss-reactive ketones (excluding diaryl/α,β-unsaturated/α-hetero) is 1. The molecule has 1 aromatic carbocycles. The Morgan fingerprint density at radius 3 is 2.84 bits per heavy atom. The first-order chi connectivity index (χ1) is 14.8. The number of ketones is 1. The monoisotopic (exact) mass is 419 g/mol. The van der Waals surface area contributed by atoms with Crippen LogP contribution in [0.15, 0.2) is 24.4 Å². The van der Waals surface area contributed by atoms with Crippen molar-refractivity contribution in [3.8, 4) is 6.07 Å². The van der Waals surface area contributed by atoms with Gasteiger partial charge >= 0.3 is 0 Å². The number of aliphatic hydroxyl groups excluding tert-OH is 1. The number of aliphatic hydroxyl groups is 1. The number of fused-ring (bicyclic) bond motifs is 1. The molecule has 1 heterocycles. The van der Waals surface area contributed by atoms with Crippen molar-refractivity contribution >= 4 is 17.5 Å². The summed E-state index contributed by atoms with van der Waals surface area (Å²) in [6.07, 6.45) is 3.89. The average Bonchev–Trinajstić information content (AvgIpc) is 3.08. The molecule has 0 amide bonds. The summed E-state index contributed by atoms with van der Waals surface area (Å²) in [7, 11) is 0. The third-order valence-corrected chi connectivity index (χ3v) is 6.90. The van der Waals surface area contributed by atoms with Gasteiger partial charge in [0.05, 0.1) is 12.3 Å².